The lowest BCUT2D eigenvalue weighted by molar-refractivity contribution is -0.112. The number of anilines is 2. The largest absolute Gasteiger partial charge is 0.506 e. The number of nitrogens with zero attached hydrogens (tertiary/aromatic N) is 1. The number of carbonyl (C=O) groups is 2. The van der Waals surface area contributed by atoms with Crippen molar-refractivity contribution in [3.05, 3.63) is 65.9 Å². The van der Waals surface area contributed by atoms with Crippen LogP contribution in [0.2, 0.25) is 0 Å². The molecule has 0 saturated carbocycles. The van der Waals surface area contributed by atoms with Gasteiger partial charge in [-0.15, -0.1) is 0 Å². The summed E-state index contributed by atoms with van der Waals surface area (Å²) in [5.74, 6) is -1.44. The van der Waals surface area contributed by atoms with Gasteiger partial charge < -0.3 is 21.5 Å². The third kappa shape index (κ3) is 3.90. The Hall–Kier alpha value is -3.79. The molecule has 0 heterocycles. The molecule has 0 aliphatic carbocycles. The summed E-state index contributed by atoms with van der Waals surface area (Å²) in [4.78, 5) is 24.0. The summed E-state index contributed by atoms with van der Waals surface area (Å²) in [5, 5.41) is 23.4. The van der Waals surface area contributed by atoms with Crippen LogP contribution in [0.25, 0.3) is 0 Å². The normalized spacial score (nSPS) is 10.5. The van der Waals surface area contributed by atoms with Crippen molar-refractivity contribution in [2.45, 2.75) is 0 Å². The van der Waals surface area contributed by atoms with Crippen molar-refractivity contribution in [3.8, 4) is 11.8 Å². The van der Waals surface area contributed by atoms with Crippen LogP contribution in [0.15, 0.2) is 60.3 Å². The molecular formula is C17H14N4O3. The molecule has 0 atom stereocenters. The number of hydrogen-bond donors (Lipinski definition) is 4. The van der Waals surface area contributed by atoms with Crippen molar-refractivity contribution in [2.24, 2.45) is 0 Å². The van der Waals surface area contributed by atoms with E-state index in [1.54, 1.807) is 36.4 Å². The van der Waals surface area contributed by atoms with Crippen LogP contribution >= 0.6 is 0 Å². The van der Waals surface area contributed by atoms with E-state index in [-0.39, 0.29) is 28.3 Å². The Labute approximate surface area is 138 Å². The molecule has 0 radical (unpaired) electrons. The number of nitrogens with one attached hydrogen (secondary N) is 2. The van der Waals surface area contributed by atoms with Crippen molar-refractivity contribution in [3.63, 3.8) is 0 Å². The van der Waals surface area contributed by atoms with Gasteiger partial charge in [0, 0.05) is 11.9 Å². The molecule has 0 spiro atoms. The van der Waals surface area contributed by atoms with Gasteiger partial charge in [0.1, 0.15) is 17.4 Å². The summed E-state index contributed by atoms with van der Waals surface area (Å²) >= 11 is 0. The van der Waals surface area contributed by atoms with Crippen molar-refractivity contribution < 1.29 is 14.7 Å². The van der Waals surface area contributed by atoms with Crippen LogP contribution in [0.5, 0.6) is 5.75 Å². The van der Waals surface area contributed by atoms with Gasteiger partial charge in [0.2, 0.25) is 0 Å². The molecule has 7 heteroatoms. The summed E-state index contributed by atoms with van der Waals surface area (Å²) < 4.78 is 0. The maximum atomic E-state index is 12.0. The first kappa shape index (κ1) is 16.6. The lowest BCUT2D eigenvalue weighted by Crippen LogP contribution is -2.22. The Kier molecular flexibility index (Phi) is 5.16. The van der Waals surface area contributed by atoms with Crippen LogP contribution in [0.1, 0.15) is 10.4 Å². The third-order valence-electron chi connectivity index (χ3n) is 3.07. The van der Waals surface area contributed by atoms with Gasteiger partial charge in [-0.3, -0.25) is 9.59 Å². The molecule has 0 saturated heterocycles. The van der Waals surface area contributed by atoms with Gasteiger partial charge >= 0.3 is 0 Å². The van der Waals surface area contributed by atoms with E-state index >= 15 is 0 Å². The highest BCUT2D eigenvalue weighted by Gasteiger charge is 2.13. The Morgan fingerprint density at radius 1 is 1.12 bits per heavy atom. The van der Waals surface area contributed by atoms with Gasteiger partial charge in [0.25, 0.3) is 11.8 Å². The lowest BCUT2D eigenvalue weighted by Gasteiger charge is -2.07. The number of hydrogen-bond acceptors (Lipinski definition) is 5. The van der Waals surface area contributed by atoms with E-state index in [0.29, 0.717) is 0 Å². The maximum Gasteiger partial charge on any atom is 0.267 e. The van der Waals surface area contributed by atoms with Gasteiger partial charge in [0.05, 0.1) is 11.3 Å². The van der Waals surface area contributed by atoms with Crippen molar-refractivity contribution in [2.75, 3.05) is 11.1 Å². The van der Waals surface area contributed by atoms with Crippen LogP contribution < -0.4 is 16.4 Å². The quantitative estimate of drug-likeness (QED) is 0.295. The van der Waals surface area contributed by atoms with Crippen molar-refractivity contribution in [1.82, 2.24) is 5.32 Å². The fourth-order valence-corrected chi connectivity index (χ4v) is 1.84. The van der Waals surface area contributed by atoms with Crippen LogP contribution in [0, 0.1) is 11.3 Å². The second kappa shape index (κ2) is 7.47. The highest BCUT2D eigenvalue weighted by molar-refractivity contribution is 6.08. The molecule has 0 aliphatic rings. The highest BCUT2D eigenvalue weighted by Crippen LogP contribution is 2.21. The van der Waals surface area contributed by atoms with E-state index in [0.717, 1.165) is 6.20 Å². The van der Waals surface area contributed by atoms with Crippen LogP contribution in [-0.2, 0) is 4.79 Å². The first-order valence-corrected chi connectivity index (χ1v) is 6.88. The molecule has 0 fully saturated rings. The molecule has 24 heavy (non-hydrogen) atoms. The molecule has 2 rings (SSSR count). The number of amides is 2. The first-order chi connectivity index (χ1) is 11.5. The molecule has 7 nitrogen and oxygen atoms in total. The van der Waals surface area contributed by atoms with E-state index in [1.807, 2.05) is 0 Å². The smallest absolute Gasteiger partial charge is 0.267 e. The third-order valence-corrected chi connectivity index (χ3v) is 3.07. The number of nitrogens with two attached hydrogens (primary N) is 1. The predicted octanol–water partition coefficient (Wildman–Crippen LogP) is 1.75. The molecule has 0 aliphatic heterocycles. The number of nitrogen functional groups attached to an aromatic ring is 1. The van der Waals surface area contributed by atoms with Crippen LogP contribution in [0.3, 0.4) is 0 Å². The molecule has 2 amide bonds. The molecule has 2 aromatic rings. The Bertz CT molecular complexity index is 853. The number of benzene rings is 2. The number of carbonyl (C=O) groups excluding carboxylic acids is 2. The SMILES string of the molecule is N#C/C(=C/NC(=O)c1ccccc1N)C(=O)Nc1ccccc1O. The second-order valence-corrected chi connectivity index (χ2v) is 4.70. The Balaban J connectivity index is 2.11. The molecule has 120 valence electrons. The van der Waals surface area contributed by atoms with E-state index in [1.165, 1.54) is 18.2 Å². The molecule has 0 aromatic heterocycles. The van der Waals surface area contributed by atoms with Gasteiger partial charge in [0.15, 0.2) is 0 Å². The maximum absolute atomic E-state index is 12.0. The summed E-state index contributed by atoms with van der Waals surface area (Å²) in [5.41, 5.74) is 6.02. The number of rotatable bonds is 4. The van der Waals surface area contributed by atoms with Crippen LogP contribution in [-0.4, -0.2) is 16.9 Å². The fraction of sp³-hybridized carbons (Fsp3) is 0. The molecule has 2 aromatic carbocycles. The molecule has 5 N–H and O–H groups in total. The fourth-order valence-electron chi connectivity index (χ4n) is 1.84. The number of nitriles is 1. The number of para-hydroxylation sites is 3. The van der Waals surface area contributed by atoms with Crippen molar-refractivity contribution >= 4 is 23.2 Å². The van der Waals surface area contributed by atoms with E-state index in [4.69, 9.17) is 11.0 Å². The summed E-state index contributed by atoms with van der Waals surface area (Å²) in [6, 6.07) is 14.2. The molecular weight excluding hydrogens is 308 g/mol. The lowest BCUT2D eigenvalue weighted by atomic mass is 10.1. The number of phenolic OH excluding ortho intramolecular Hbond substituents is 1. The average molecular weight is 322 g/mol. The summed E-state index contributed by atoms with van der Waals surface area (Å²) in [6.07, 6.45) is 0.990. The van der Waals surface area contributed by atoms with Crippen LogP contribution in [0.4, 0.5) is 11.4 Å². The first-order valence-electron chi connectivity index (χ1n) is 6.88. The summed E-state index contributed by atoms with van der Waals surface area (Å²) in [7, 11) is 0. The van der Waals surface area contributed by atoms with E-state index < -0.39 is 11.8 Å². The number of aromatic hydroxyl groups is 1. The molecule has 0 unspecified atom stereocenters. The minimum Gasteiger partial charge on any atom is -0.506 e. The van der Waals surface area contributed by atoms with Gasteiger partial charge in [-0.25, -0.2) is 0 Å². The van der Waals surface area contributed by atoms with E-state index in [2.05, 4.69) is 10.6 Å². The monoisotopic (exact) mass is 322 g/mol. The highest BCUT2D eigenvalue weighted by atomic mass is 16.3. The van der Waals surface area contributed by atoms with Gasteiger partial charge in [-0.2, -0.15) is 5.26 Å². The predicted molar refractivity (Wildman–Crippen MR) is 88.8 cm³/mol. The topological polar surface area (TPSA) is 128 Å². The average Bonchev–Trinajstić information content (AvgIpc) is 2.57. The zero-order valence-electron chi connectivity index (χ0n) is 12.5. The van der Waals surface area contributed by atoms with Gasteiger partial charge in [-0.1, -0.05) is 24.3 Å². The second-order valence-electron chi connectivity index (χ2n) is 4.70. The van der Waals surface area contributed by atoms with E-state index in [9.17, 15) is 14.7 Å². The minimum atomic E-state index is -0.764. The number of phenols is 1. The minimum absolute atomic E-state index is 0.135. The zero-order chi connectivity index (χ0) is 17.5. The van der Waals surface area contributed by atoms with Gasteiger partial charge in [-0.05, 0) is 24.3 Å². The summed E-state index contributed by atoms with van der Waals surface area (Å²) in [6.45, 7) is 0. The standard InChI is InChI=1S/C17H14N4O3/c18-9-11(16(23)21-14-7-3-4-8-15(14)22)10-20-17(24)12-5-1-2-6-13(12)19/h1-8,10,22H,19H2,(H,20,24)(H,21,23)/b11-10-. The Morgan fingerprint density at radius 3 is 2.46 bits per heavy atom. The zero-order valence-corrected chi connectivity index (χ0v) is 12.5. The molecule has 0 bridgehead atoms. The Morgan fingerprint density at radius 2 is 1.79 bits per heavy atom. The van der Waals surface area contributed by atoms with Crippen molar-refractivity contribution in [1.29, 1.82) is 5.26 Å².